The first-order chi connectivity index (χ1) is 10.5. The summed E-state index contributed by atoms with van der Waals surface area (Å²) in [5.41, 5.74) is 0.0933. The van der Waals surface area contributed by atoms with Gasteiger partial charge in [-0.05, 0) is 12.0 Å². The van der Waals surface area contributed by atoms with Gasteiger partial charge in [0.25, 0.3) is 0 Å². The van der Waals surface area contributed by atoms with Gasteiger partial charge in [-0.2, -0.15) is 0 Å². The van der Waals surface area contributed by atoms with Crippen LogP contribution in [0.5, 0.6) is 0 Å². The van der Waals surface area contributed by atoms with Crippen molar-refractivity contribution in [3.05, 3.63) is 7.05 Å². The van der Waals surface area contributed by atoms with E-state index in [4.69, 9.17) is 17.3 Å². The second-order valence-electron chi connectivity index (χ2n) is 6.96. The van der Waals surface area contributed by atoms with Gasteiger partial charge in [0.05, 0.1) is 13.1 Å². The third kappa shape index (κ3) is 13.0. The van der Waals surface area contributed by atoms with E-state index in [0.717, 1.165) is 13.1 Å². The first kappa shape index (κ1) is 21.8. The molecule has 23 heavy (non-hydrogen) atoms. The topological polar surface area (TPSA) is 84.3 Å². The monoisotopic (exact) mass is 329 g/mol. The molecular formula is C16H31N3O4. The van der Waals surface area contributed by atoms with Gasteiger partial charge >= 0.3 is 11.9 Å². The van der Waals surface area contributed by atoms with Gasteiger partial charge in [0, 0.05) is 39.8 Å². The number of likely N-dealkylation sites (N-methyl/N-ethyl adjacent to an activating group) is 1. The van der Waals surface area contributed by atoms with Crippen molar-refractivity contribution in [2.45, 2.75) is 27.7 Å². The zero-order chi connectivity index (χ0) is 18.0. The van der Waals surface area contributed by atoms with E-state index in [0.29, 0.717) is 26.2 Å². The summed E-state index contributed by atoms with van der Waals surface area (Å²) in [5, 5.41) is 17.6. The van der Waals surface area contributed by atoms with Crippen molar-refractivity contribution in [1.82, 2.24) is 14.7 Å². The molecule has 0 aliphatic heterocycles. The first-order valence-corrected chi connectivity index (χ1v) is 7.91. The highest BCUT2D eigenvalue weighted by molar-refractivity contribution is 5.69. The van der Waals surface area contributed by atoms with Crippen LogP contribution in [0.3, 0.4) is 0 Å². The Balaban J connectivity index is 4.50. The summed E-state index contributed by atoms with van der Waals surface area (Å²) in [7, 11) is 5.67. The molecule has 0 bridgehead atoms. The molecule has 7 nitrogen and oxygen atoms in total. The Morgan fingerprint density at radius 1 is 0.913 bits per heavy atom. The van der Waals surface area contributed by atoms with Gasteiger partial charge in [0.1, 0.15) is 0 Å². The van der Waals surface area contributed by atoms with Crippen LogP contribution in [-0.2, 0) is 9.59 Å². The molecule has 0 saturated carbocycles. The second-order valence-corrected chi connectivity index (χ2v) is 6.96. The lowest BCUT2D eigenvalue weighted by atomic mass is 9.96. The minimum absolute atomic E-state index is 0.0296. The summed E-state index contributed by atoms with van der Waals surface area (Å²) >= 11 is 0. The Morgan fingerprint density at radius 3 is 1.83 bits per heavy atom. The van der Waals surface area contributed by atoms with Crippen molar-refractivity contribution < 1.29 is 19.8 Å². The van der Waals surface area contributed by atoms with Crippen molar-refractivity contribution in [3.8, 4) is 0 Å². The lowest BCUT2D eigenvalue weighted by molar-refractivity contribution is -0.139. The molecule has 0 atom stereocenters. The molecule has 0 saturated heterocycles. The van der Waals surface area contributed by atoms with Crippen molar-refractivity contribution >= 4 is 11.9 Å². The standard InChI is InChI=1S/C16H31N3O4/c1-6-18(12-15(22)23)9-10-19(13-16(2,3)4)8-7-17(5)11-14(20)21/h5H,6-13H2,1-4H3,(H,20,21)(H,22,23). The van der Waals surface area contributed by atoms with Gasteiger partial charge in [-0.3, -0.25) is 19.4 Å². The van der Waals surface area contributed by atoms with Crippen molar-refractivity contribution in [2.24, 2.45) is 5.41 Å². The van der Waals surface area contributed by atoms with Gasteiger partial charge in [-0.1, -0.05) is 27.7 Å². The van der Waals surface area contributed by atoms with E-state index in [1.165, 1.54) is 4.90 Å². The molecule has 2 radical (unpaired) electrons. The molecule has 0 aliphatic carbocycles. The highest BCUT2D eigenvalue weighted by Crippen LogP contribution is 2.15. The van der Waals surface area contributed by atoms with Crippen LogP contribution in [0.2, 0.25) is 0 Å². The Morgan fingerprint density at radius 2 is 1.39 bits per heavy atom. The van der Waals surface area contributed by atoms with E-state index in [1.54, 1.807) is 0 Å². The molecule has 134 valence electrons. The van der Waals surface area contributed by atoms with Crippen molar-refractivity contribution in [3.63, 3.8) is 0 Å². The molecule has 0 unspecified atom stereocenters. The number of aliphatic carboxylic acids is 2. The van der Waals surface area contributed by atoms with Crippen molar-refractivity contribution in [1.29, 1.82) is 0 Å². The number of carboxylic acid groups (broad SMARTS) is 2. The van der Waals surface area contributed by atoms with E-state index in [9.17, 15) is 9.59 Å². The number of nitrogens with zero attached hydrogens (tertiary/aromatic N) is 3. The molecule has 7 heteroatoms. The van der Waals surface area contributed by atoms with E-state index in [2.05, 4.69) is 25.7 Å². The quantitative estimate of drug-likeness (QED) is 0.512. The van der Waals surface area contributed by atoms with E-state index >= 15 is 0 Å². The van der Waals surface area contributed by atoms with E-state index in [1.807, 2.05) is 11.8 Å². The Labute approximate surface area is 139 Å². The maximum Gasteiger partial charge on any atom is 0.317 e. The van der Waals surface area contributed by atoms with Crippen LogP contribution in [-0.4, -0.2) is 89.2 Å². The second kappa shape index (κ2) is 10.6. The fourth-order valence-electron chi connectivity index (χ4n) is 2.29. The summed E-state index contributed by atoms with van der Waals surface area (Å²) < 4.78 is 0. The maximum atomic E-state index is 10.8. The zero-order valence-electron chi connectivity index (χ0n) is 14.8. The van der Waals surface area contributed by atoms with Gasteiger partial charge in [-0.15, -0.1) is 0 Å². The van der Waals surface area contributed by atoms with Gasteiger partial charge < -0.3 is 15.1 Å². The van der Waals surface area contributed by atoms with Gasteiger partial charge in [-0.25, -0.2) is 0 Å². The number of carboxylic acids is 2. The van der Waals surface area contributed by atoms with Crippen LogP contribution in [0, 0.1) is 12.5 Å². The average Bonchev–Trinajstić information content (AvgIpc) is 2.37. The molecule has 0 aromatic rings. The normalized spacial score (nSPS) is 12.3. The predicted molar refractivity (Wildman–Crippen MR) is 89.2 cm³/mol. The number of carbonyl (C=O) groups is 2. The lowest BCUT2D eigenvalue weighted by Crippen LogP contribution is -2.43. The molecular weight excluding hydrogens is 298 g/mol. The number of hydrogen-bond acceptors (Lipinski definition) is 5. The summed E-state index contributed by atoms with van der Waals surface area (Å²) in [6, 6.07) is 0. The van der Waals surface area contributed by atoms with Gasteiger partial charge in [0.2, 0.25) is 0 Å². The SMILES string of the molecule is [CH]N(CCN(CCN(CC)CC(=O)O)CC(C)(C)C)CC(=O)O. The molecule has 0 aromatic carbocycles. The van der Waals surface area contributed by atoms with Crippen LogP contribution >= 0.6 is 0 Å². The summed E-state index contributed by atoms with van der Waals surface area (Å²) in [6.07, 6.45) is 0. The molecule has 0 spiro atoms. The van der Waals surface area contributed by atoms with Gasteiger partial charge in [0.15, 0.2) is 0 Å². The van der Waals surface area contributed by atoms with Crippen LogP contribution in [0.4, 0.5) is 0 Å². The highest BCUT2D eigenvalue weighted by Gasteiger charge is 2.18. The van der Waals surface area contributed by atoms with E-state index < -0.39 is 11.9 Å². The minimum Gasteiger partial charge on any atom is -0.480 e. The van der Waals surface area contributed by atoms with Crippen LogP contribution < -0.4 is 0 Å². The third-order valence-corrected chi connectivity index (χ3v) is 3.28. The average molecular weight is 329 g/mol. The number of hydrogen-bond donors (Lipinski definition) is 2. The van der Waals surface area contributed by atoms with Crippen molar-refractivity contribution in [2.75, 3.05) is 52.4 Å². The highest BCUT2D eigenvalue weighted by atomic mass is 16.4. The molecule has 2 N–H and O–H groups in total. The minimum atomic E-state index is -0.950. The molecule has 0 heterocycles. The lowest BCUT2D eigenvalue weighted by Gasteiger charge is -2.32. The predicted octanol–water partition coefficient (Wildman–Crippen LogP) is 0.796. The number of rotatable bonds is 12. The van der Waals surface area contributed by atoms with E-state index in [-0.39, 0.29) is 18.5 Å². The summed E-state index contributed by atoms with van der Waals surface area (Å²) in [6.45, 7) is 12.2. The third-order valence-electron chi connectivity index (χ3n) is 3.28. The molecule has 0 fully saturated rings. The Kier molecular flexibility index (Phi) is 10.0. The fraction of sp³-hybridized carbons (Fsp3) is 0.812. The fourth-order valence-corrected chi connectivity index (χ4v) is 2.29. The smallest absolute Gasteiger partial charge is 0.317 e. The zero-order valence-corrected chi connectivity index (χ0v) is 14.8. The van der Waals surface area contributed by atoms with Crippen LogP contribution in [0.25, 0.3) is 0 Å². The largest absolute Gasteiger partial charge is 0.480 e. The molecule has 0 aromatic heterocycles. The first-order valence-electron chi connectivity index (χ1n) is 7.91. The molecule has 0 rings (SSSR count). The Bertz CT molecular complexity index is 369. The summed E-state index contributed by atoms with van der Waals surface area (Å²) in [4.78, 5) is 26.8. The van der Waals surface area contributed by atoms with Crippen LogP contribution in [0.15, 0.2) is 0 Å². The Hall–Kier alpha value is -1.18. The summed E-state index contributed by atoms with van der Waals surface area (Å²) in [5.74, 6) is -1.78. The molecule has 0 amide bonds. The maximum absolute atomic E-state index is 10.8. The van der Waals surface area contributed by atoms with Crippen LogP contribution in [0.1, 0.15) is 27.7 Å². The molecule has 0 aliphatic rings.